The van der Waals surface area contributed by atoms with Gasteiger partial charge in [-0.15, -0.1) is 0 Å². The molecule has 1 aliphatic rings. The number of aliphatic hydroxyl groups excluding tert-OH is 1. The molecule has 0 amide bonds. The summed E-state index contributed by atoms with van der Waals surface area (Å²) >= 11 is 0. The summed E-state index contributed by atoms with van der Waals surface area (Å²) in [4.78, 5) is 0. The van der Waals surface area contributed by atoms with Crippen molar-refractivity contribution in [2.24, 2.45) is 0 Å². The maximum atomic E-state index is 10.1. The molecule has 1 atom stereocenters. The van der Waals surface area contributed by atoms with Crippen LogP contribution in [0.1, 0.15) is 43.7 Å². The van der Waals surface area contributed by atoms with E-state index in [4.69, 9.17) is 14.2 Å². The Kier molecular flexibility index (Phi) is 6.68. The molecule has 1 heterocycles. The lowest BCUT2D eigenvalue weighted by atomic mass is 10.0. The van der Waals surface area contributed by atoms with E-state index in [-0.39, 0.29) is 12.7 Å². The van der Waals surface area contributed by atoms with Crippen molar-refractivity contribution in [3.05, 3.63) is 29.3 Å². The van der Waals surface area contributed by atoms with Gasteiger partial charge in [-0.3, -0.25) is 0 Å². The van der Waals surface area contributed by atoms with Gasteiger partial charge in [0.1, 0.15) is 18.5 Å². The Bertz CT molecular complexity index is 452. The van der Waals surface area contributed by atoms with Gasteiger partial charge in [0.05, 0.1) is 12.7 Å². The number of hydrogen-bond acceptors (Lipinski definition) is 4. The van der Waals surface area contributed by atoms with Gasteiger partial charge in [0.15, 0.2) is 0 Å². The van der Waals surface area contributed by atoms with E-state index in [1.165, 1.54) is 5.56 Å². The van der Waals surface area contributed by atoms with Crippen LogP contribution in [-0.2, 0) is 9.47 Å². The third-order valence-electron chi connectivity index (χ3n) is 3.91. The quantitative estimate of drug-likeness (QED) is 0.841. The summed E-state index contributed by atoms with van der Waals surface area (Å²) in [5.74, 6) is 1.26. The smallest absolute Gasteiger partial charge is 0.123 e. The Balaban J connectivity index is 1.80. The van der Waals surface area contributed by atoms with Crippen LogP contribution in [0.5, 0.6) is 5.75 Å². The molecule has 0 bridgehead atoms. The molecule has 1 aromatic carbocycles. The second-order valence-electron chi connectivity index (χ2n) is 6.31. The van der Waals surface area contributed by atoms with E-state index < -0.39 is 6.10 Å². The van der Waals surface area contributed by atoms with Crippen LogP contribution in [0.25, 0.3) is 0 Å². The van der Waals surface area contributed by atoms with Crippen LogP contribution < -0.4 is 4.74 Å². The Morgan fingerprint density at radius 2 is 1.95 bits per heavy atom. The third-order valence-corrected chi connectivity index (χ3v) is 3.91. The minimum absolute atomic E-state index is 0.202. The fourth-order valence-corrected chi connectivity index (χ4v) is 2.57. The summed E-state index contributed by atoms with van der Waals surface area (Å²) in [6, 6.07) is 6.22. The molecule has 0 aliphatic carbocycles. The zero-order chi connectivity index (χ0) is 15.9. The van der Waals surface area contributed by atoms with Crippen molar-refractivity contribution in [2.75, 3.05) is 26.4 Å². The highest BCUT2D eigenvalue weighted by atomic mass is 16.5. The normalized spacial score (nSPS) is 17.7. The number of hydrogen-bond donors (Lipinski definition) is 1. The molecule has 1 saturated heterocycles. The second kappa shape index (κ2) is 8.51. The second-order valence-corrected chi connectivity index (χ2v) is 6.31. The van der Waals surface area contributed by atoms with E-state index in [2.05, 4.69) is 26.0 Å². The average molecular weight is 308 g/mol. The van der Waals surface area contributed by atoms with Gasteiger partial charge in [-0.05, 0) is 42.9 Å². The van der Waals surface area contributed by atoms with Gasteiger partial charge >= 0.3 is 0 Å². The molecule has 0 aromatic heterocycles. The summed E-state index contributed by atoms with van der Waals surface area (Å²) in [6.45, 7) is 8.39. The van der Waals surface area contributed by atoms with Crippen molar-refractivity contribution >= 4 is 0 Å². The molecule has 1 unspecified atom stereocenters. The van der Waals surface area contributed by atoms with Crippen LogP contribution in [-0.4, -0.2) is 43.7 Å². The molecule has 2 rings (SSSR count). The molecule has 1 aromatic rings. The Morgan fingerprint density at radius 3 is 2.64 bits per heavy atom. The highest BCUT2D eigenvalue weighted by Crippen LogP contribution is 2.27. The lowest BCUT2D eigenvalue weighted by molar-refractivity contribution is -0.0659. The van der Waals surface area contributed by atoms with Crippen molar-refractivity contribution in [3.8, 4) is 5.75 Å². The van der Waals surface area contributed by atoms with Crippen LogP contribution in [0.15, 0.2) is 18.2 Å². The molecule has 22 heavy (non-hydrogen) atoms. The lowest BCUT2D eigenvalue weighted by Crippen LogP contribution is -2.30. The molecule has 124 valence electrons. The molecule has 0 radical (unpaired) electrons. The molecule has 1 N–H and O–H groups in total. The van der Waals surface area contributed by atoms with Gasteiger partial charge in [0.2, 0.25) is 0 Å². The minimum Gasteiger partial charge on any atom is -0.490 e. The summed E-state index contributed by atoms with van der Waals surface area (Å²) in [5, 5.41) is 10.1. The lowest BCUT2D eigenvalue weighted by Gasteiger charge is -2.24. The van der Waals surface area contributed by atoms with Crippen molar-refractivity contribution in [3.63, 3.8) is 0 Å². The molecular formula is C18H28O4. The van der Waals surface area contributed by atoms with Crippen LogP contribution in [0.4, 0.5) is 0 Å². The van der Waals surface area contributed by atoms with E-state index in [0.717, 1.165) is 37.4 Å². The number of ether oxygens (including phenoxy) is 3. The predicted molar refractivity (Wildman–Crippen MR) is 86.6 cm³/mol. The summed E-state index contributed by atoms with van der Waals surface area (Å²) in [5.41, 5.74) is 2.33. The zero-order valence-corrected chi connectivity index (χ0v) is 13.9. The van der Waals surface area contributed by atoms with Crippen molar-refractivity contribution in [1.29, 1.82) is 0 Å². The standard InChI is InChI=1S/C18H28O4/c1-13(2)17-5-4-14(3)10-18(17)22-12-15(19)11-21-16-6-8-20-9-7-16/h4-5,10,13,15-16,19H,6-9,11-12H2,1-3H3. The first-order valence-corrected chi connectivity index (χ1v) is 8.17. The van der Waals surface area contributed by atoms with Crippen molar-refractivity contribution in [2.45, 2.75) is 51.7 Å². The van der Waals surface area contributed by atoms with Gasteiger partial charge in [-0.25, -0.2) is 0 Å². The molecular weight excluding hydrogens is 280 g/mol. The molecule has 0 saturated carbocycles. The van der Waals surface area contributed by atoms with E-state index in [9.17, 15) is 5.11 Å². The Labute approximate surface area is 133 Å². The maximum Gasteiger partial charge on any atom is 0.123 e. The van der Waals surface area contributed by atoms with Gasteiger partial charge in [0, 0.05) is 13.2 Å². The number of aryl methyl sites for hydroxylation is 1. The van der Waals surface area contributed by atoms with Gasteiger partial charge < -0.3 is 19.3 Å². The van der Waals surface area contributed by atoms with Crippen molar-refractivity contribution < 1.29 is 19.3 Å². The van der Waals surface area contributed by atoms with Gasteiger partial charge in [-0.1, -0.05) is 26.0 Å². The van der Waals surface area contributed by atoms with E-state index in [1.54, 1.807) is 0 Å². The highest BCUT2D eigenvalue weighted by Gasteiger charge is 2.17. The van der Waals surface area contributed by atoms with Crippen LogP contribution in [0, 0.1) is 6.92 Å². The van der Waals surface area contributed by atoms with E-state index >= 15 is 0 Å². The first-order chi connectivity index (χ1) is 10.6. The average Bonchev–Trinajstić information content (AvgIpc) is 2.51. The highest BCUT2D eigenvalue weighted by molar-refractivity contribution is 5.39. The van der Waals surface area contributed by atoms with E-state index in [0.29, 0.717) is 12.5 Å². The minimum atomic E-state index is -0.608. The van der Waals surface area contributed by atoms with E-state index in [1.807, 2.05) is 13.0 Å². The number of benzene rings is 1. The summed E-state index contributed by atoms with van der Waals surface area (Å²) in [6.07, 6.45) is 1.41. The fraction of sp³-hybridized carbons (Fsp3) is 0.667. The molecule has 1 aliphatic heterocycles. The largest absolute Gasteiger partial charge is 0.490 e. The predicted octanol–water partition coefficient (Wildman–Crippen LogP) is 3.05. The van der Waals surface area contributed by atoms with Gasteiger partial charge in [0.25, 0.3) is 0 Å². The zero-order valence-electron chi connectivity index (χ0n) is 13.9. The number of aliphatic hydroxyl groups is 1. The van der Waals surface area contributed by atoms with Crippen molar-refractivity contribution in [1.82, 2.24) is 0 Å². The Morgan fingerprint density at radius 1 is 1.23 bits per heavy atom. The molecule has 4 heteroatoms. The summed E-state index contributed by atoms with van der Waals surface area (Å²) in [7, 11) is 0. The van der Waals surface area contributed by atoms with Crippen LogP contribution in [0.2, 0.25) is 0 Å². The molecule has 1 fully saturated rings. The SMILES string of the molecule is Cc1ccc(C(C)C)c(OCC(O)COC2CCOCC2)c1. The Hall–Kier alpha value is -1.10. The first-order valence-electron chi connectivity index (χ1n) is 8.17. The topological polar surface area (TPSA) is 47.9 Å². The van der Waals surface area contributed by atoms with Gasteiger partial charge in [-0.2, -0.15) is 0 Å². The third kappa shape index (κ3) is 5.27. The maximum absolute atomic E-state index is 10.1. The monoisotopic (exact) mass is 308 g/mol. The van der Waals surface area contributed by atoms with Crippen LogP contribution >= 0.6 is 0 Å². The molecule has 0 spiro atoms. The molecule has 4 nitrogen and oxygen atoms in total. The van der Waals surface area contributed by atoms with Crippen LogP contribution in [0.3, 0.4) is 0 Å². The number of rotatable bonds is 7. The summed E-state index contributed by atoms with van der Waals surface area (Å²) < 4.78 is 16.8. The fourth-order valence-electron chi connectivity index (χ4n) is 2.57. The first kappa shape index (κ1) is 17.3.